The number of aliphatic hydroxyl groups excluding tert-OH is 1. The number of fused-ring (bicyclic) bond motifs is 1. The average Bonchev–Trinajstić information content (AvgIpc) is 3.35. The molecule has 4 rings (SSSR count). The molecule has 1 saturated heterocycles. The number of likely N-dealkylation sites (tertiary alicyclic amines) is 1. The van der Waals surface area contributed by atoms with Crippen molar-refractivity contribution in [3.63, 3.8) is 0 Å². The fraction of sp³-hybridized carbons (Fsp3) is 0.400. The summed E-state index contributed by atoms with van der Waals surface area (Å²) in [7, 11) is 0. The zero-order valence-corrected chi connectivity index (χ0v) is 19.3. The van der Waals surface area contributed by atoms with Crippen molar-refractivity contribution in [2.75, 3.05) is 32.8 Å². The number of hydrogen-bond donors (Lipinski definition) is 2. The average molecular weight is 493 g/mol. The Morgan fingerprint density at radius 2 is 1.79 bits per heavy atom. The van der Waals surface area contributed by atoms with Gasteiger partial charge < -0.3 is 24.8 Å². The van der Waals surface area contributed by atoms with Crippen LogP contribution in [0.2, 0.25) is 5.02 Å². The summed E-state index contributed by atoms with van der Waals surface area (Å²) in [5.41, 5.74) is 0.940. The number of nitrogens with zero attached hydrogens (tertiary/aromatic N) is 1. The van der Waals surface area contributed by atoms with Crippen molar-refractivity contribution in [3.05, 3.63) is 64.7 Å². The van der Waals surface area contributed by atoms with Gasteiger partial charge in [-0.25, -0.2) is 0 Å². The molecule has 0 bridgehead atoms. The van der Waals surface area contributed by atoms with Gasteiger partial charge in [0.25, 0.3) is 5.91 Å². The van der Waals surface area contributed by atoms with E-state index in [-0.39, 0.29) is 6.54 Å². The predicted molar refractivity (Wildman–Crippen MR) is 125 cm³/mol. The molecule has 2 atom stereocenters. The molecule has 182 valence electrons. The highest BCUT2D eigenvalue weighted by molar-refractivity contribution is 6.30. The van der Waals surface area contributed by atoms with Crippen molar-refractivity contribution in [3.8, 4) is 11.5 Å². The van der Waals surface area contributed by atoms with Gasteiger partial charge in [0.15, 0.2) is 11.5 Å². The molecule has 2 aromatic carbocycles. The van der Waals surface area contributed by atoms with E-state index in [1.807, 2.05) is 4.90 Å². The summed E-state index contributed by atoms with van der Waals surface area (Å²) in [6.45, 7) is 2.63. The molecule has 2 aliphatic rings. The Hall–Kier alpha value is -2.68. The Balaban J connectivity index is 1.50. The van der Waals surface area contributed by atoms with E-state index < -0.39 is 24.0 Å². The number of halogens is 3. The Labute approximate surface area is 202 Å². The number of nitrogens with one attached hydrogen (secondary N) is 1. The zero-order chi connectivity index (χ0) is 24.1. The molecule has 2 aromatic rings. The highest BCUT2D eigenvalue weighted by atomic mass is 35.5. The smallest absolute Gasteiger partial charge is 0.343 e. The van der Waals surface area contributed by atoms with Crippen LogP contribution in [0.5, 0.6) is 11.5 Å². The molecule has 1 amide bonds. The lowest BCUT2D eigenvalue weighted by Crippen LogP contribution is -2.51. The van der Waals surface area contributed by atoms with Crippen molar-refractivity contribution in [1.82, 2.24) is 10.2 Å². The van der Waals surface area contributed by atoms with E-state index in [1.54, 1.807) is 42.5 Å². The normalized spacial score (nSPS) is 18.1. The van der Waals surface area contributed by atoms with Gasteiger partial charge in [0.1, 0.15) is 19.3 Å². The second kappa shape index (κ2) is 10.7. The van der Waals surface area contributed by atoms with Crippen LogP contribution < -0.4 is 14.8 Å². The van der Waals surface area contributed by atoms with Crippen molar-refractivity contribution in [2.45, 2.75) is 30.9 Å². The number of rotatable bonds is 8. The molecular weight excluding hydrogens is 466 g/mol. The summed E-state index contributed by atoms with van der Waals surface area (Å²) < 4.78 is 40.5. The largest absolute Gasteiger partial charge is 0.486 e. The van der Waals surface area contributed by atoms with Gasteiger partial charge in [0.05, 0.1) is 6.04 Å². The molecule has 1 fully saturated rings. The van der Waals surface area contributed by atoms with Crippen LogP contribution in [-0.4, -0.2) is 60.7 Å². The quantitative estimate of drug-likeness (QED) is 0.581. The number of benzene rings is 2. The highest BCUT2D eigenvalue weighted by Gasteiger charge is 2.39. The van der Waals surface area contributed by atoms with Crippen LogP contribution in [0.4, 0.5) is 8.78 Å². The van der Waals surface area contributed by atoms with Crippen LogP contribution in [0.3, 0.4) is 0 Å². The molecule has 2 aliphatic heterocycles. The SMILES string of the molecule is O=C(NC(CN1CCCC1)C(O)c1ccc2c(c1)OCCO2)C(F)(F)C=Cc1ccc(Cl)cc1. The molecule has 2 unspecified atom stereocenters. The highest BCUT2D eigenvalue weighted by Crippen LogP contribution is 2.34. The number of hydrogen-bond acceptors (Lipinski definition) is 5. The second-order valence-electron chi connectivity index (χ2n) is 8.44. The van der Waals surface area contributed by atoms with E-state index in [9.17, 15) is 18.7 Å². The topological polar surface area (TPSA) is 71.0 Å². The third-order valence-corrected chi connectivity index (χ3v) is 6.17. The minimum absolute atomic E-state index is 0.248. The molecule has 34 heavy (non-hydrogen) atoms. The molecule has 2 heterocycles. The summed E-state index contributed by atoms with van der Waals surface area (Å²) in [5, 5.41) is 13.9. The van der Waals surface area contributed by atoms with Gasteiger partial charge in [-0.2, -0.15) is 8.78 Å². The second-order valence-corrected chi connectivity index (χ2v) is 8.88. The van der Waals surface area contributed by atoms with E-state index in [1.165, 1.54) is 6.08 Å². The number of carbonyl (C=O) groups excluding carboxylic acids is 1. The maximum atomic E-state index is 14.7. The fourth-order valence-corrected chi connectivity index (χ4v) is 4.19. The third-order valence-electron chi connectivity index (χ3n) is 5.92. The van der Waals surface area contributed by atoms with Gasteiger partial charge >= 0.3 is 5.92 Å². The molecule has 0 spiro atoms. The number of alkyl halides is 2. The van der Waals surface area contributed by atoms with Crippen molar-refractivity contribution in [2.24, 2.45) is 0 Å². The maximum absolute atomic E-state index is 14.7. The van der Waals surface area contributed by atoms with Gasteiger partial charge in [-0.1, -0.05) is 35.9 Å². The number of ether oxygens (including phenoxy) is 2. The van der Waals surface area contributed by atoms with Crippen LogP contribution >= 0.6 is 11.6 Å². The molecule has 0 saturated carbocycles. The minimum Gasteiger partial charge on any atom is -0.486 e. The summed E-state index contributed by atoms with van der Waals surface area (Å²) in [6, 6.07) is 10.3. The first-order valence-corrected chi connectivity index (χ1v) is 11.6. The van der Waals surface area contributed by atoms with Crippen LogP contribution in [0.1, 0.15) is 30.1 Å². The number of amides is 1. The van der Waals surface area contributed by atoms with E-state index >= 15 is 0 Å². The summed E-state index contributed by atoms with van der Waals surface area (Å²) in [4.78, 5) is 14.6. The lowest BCUT2D eigenvalue weighted by Gasteiger charge is -2.30. The van der Waals surface area contributed by atoms with Gasteiger partial charge in [0, 0.05) is 11.6 Å². The summed E-state index contributed by atoms with van der Waals surface area (Å²) in [5.74, 6) is -4.21. The molecule has 9 heteroatoms. The molecule has 2 N–H and O–H groups in total. The molecule has 0 radical (unpaired) electrons. The molecule has 6 nitrogen and oxygen atoms in total. The van der Waals surface area contributed by atoms with Gasteiger partial charge in [0.2, 0.25) is 0 Å². The Bertz CT molecular complexity index is 1030. The first-order chi connectivity index (χ1) is 16.3. The van der Waals surface area contributed by atoms with E-state index in [0.717, 1.165) is 25.9 Å². The molecule has 0 aromatic heterocycles. The lowest BCUT2D eigenvalue weighted by atomic mass is 10.0. The molecule has 0 aliphatic carbocycles. The molecular formula is C25H27ClF2N2O4. The fourth-order valence-electron chi connectivity index (χ4n) is 4.06. The van der Waals surface area contributed by atoms with Gasteiger partial charge in [-0.15, -0.1) is 0 Å². The Morgan fingerprint density at radius 1 is 1.12 bits per heavy atom. The summed E-state index contributed by atoms with van der Waals surface area (Å²) >= 11 is 5.82. The van der Waals surface area contributed by atoms with Crippen LogP contribution in [-0.2, 0) is 4.79 Å². The van der Waals surface area contributed by atoms with Crippen LogP contribution in [0, 0.1) is 0 Å². The van der Waals surface area contributed by atoms with Crippen molar-refractivity contribution < 1.29 is 28.2 Å². The van der Waals surface area contributed by atoms with Crippen LogP contribution in [0.15, 0.2) is 48.5 Å². The number of aliphatic hydroxyl groups is 1. The first kappa shape index (κ1) is 24.4. The van der Waals surface area contributed by atoms with E-state index in [4.69, 9.17) is 21.1 Å². The number of carbonyl (C=O) groups is 1. The summed E-state index contributed by atoms with van der Waals surface area (Å²) in [6.07, 6.45) is 2.48. The van der Waals surface area contributed by atoms with E-state index in [2.05, 4.69) is 5.32 Å². The Kier molecular flexibility index (Phi) is 7.70. The Morgan fingerprint density at radius 3 is 2.50 bits per heavy atom. The zero-order valence-electron chi connectivity index (χ0n) is 18.6. The minimum atomic E-state index is -3.77. The predicted octanol–water partition coefficient (Wildman–Crippen LogP) is 4.07. The monoisotopic (exact) mass is 492 g/mol. The van der Waals surface area contributed by atoms with Crippen molar-refractivity contribution in [1.29, 1.82) is 0 Å². The third kappa shape index (κ3) is 6.05. The van der Waals surface area contributed by atoms with Gasteiger partial charge in [-0.3, -0.25) is 4.79 Å². The maximum Gasteiger partial charge on any atom is 0.343 e. The standard InChI is InChI=1S/C25H27ClF2N2O4/c26-19-6-3-17(4-7-19)9-10-25(27,28)24(32)29-20(16-30-11-1-2-12-30)23(31)18-5-8-21-22(15-18)34-14-13-33-21/h3-10,15,20,23,31H,1-2,11-14,16H2,(H,29,32). The van der Waals surface area contributed by atoms with Crippen molar-refractivity contribution >= 4 is 23.6 Å². The lowest BCUT2D eigenvalue weighted by molar-refractivity contribution is -0.141. The van der Waals surface area contributed by atoms with E-state index in [0.29, 0.717) is 46.9 Å². The van der Waals surface area contributed by atoms with Crippen LogP contribution in [0.25, 0.3) is 6.08 Å². The van der Waals surface area contributed by atoms with Gasteiger partial charge in [-0.05, 0) is 67.4 Å². The first-order valence-electron chi connectivity index (χ1n) is 11.3.